The van der Waals surface area contributed by atoms with Crippen LogP contribution in [0.3, 0.4) is 0 Å². The van der Waals surface area contributed by atoms with Crippen molar-refractivity contribution in [2.24, 2.45) is 4.99 Å². The van der Waals surface area contributed by atoms with E-state index >= 15 is 0 Å². The van der Waals surface area contributed by atoms with Crippen LogP contribution in [-0.4, -0.2) is 76.8 Å². The number of hydrogen-bond acceptors (Lipinski definition) is 9. The summed E-state index contributed by atoms with van der Waals surface area (Å²) in [4.78, 5) is 50.0. The quantitative estimate of drug-likeness (QED) is 0.135. The van der Waals surface area contributed by atoms with Gasteiger partial charge in [0.1, 0.15) is 17.6 Å². The van der Waals surface area contributed by atoms with Gasteiger partial charge in [-0.15, -0.1) is 10.2 Å². The minimum atomic E-state index is -3.15. The van der Waals surface area contributed by atoms with Crippen LogP contribution in [0.4, 0.5) is 0 Å². The molecule has 2 heterocycles. The molecule has 1 aliphatic heterocycles. The molecule has 0 fully saturated rings. The molecule has 47 heavy (non-hydrogen) atoms. The lowest BCUT2D eigenvalue weighted by Crippen LogP contribution is -2.42. The van der Waals surface area contributed by atoms with Gasteiger partial charge in [0.05, 0.1) is 31.5 Å². The summed E-state index contributed by atoms with van der Waals surface area (Å²) in [5.74, 6) is 1.14. The molecule has 4 aromatic rings. The third kappa shape index (κ3) is 8.90. The summed E-state index contributed by atoms with van der Waals surface area (Å²) in [5.41, 5.74) is 5.10. The van der Waals surface area contributed by atoms with Crippen molar-refractivity contribution in [2.75, 3.05) is 26.4 Å². The van der Waals surface area contributed by atoms with Crippen LogP contribution in [0.15, 0.2) is 71.7 Å². The Kier molecular flexibility index (Phi) is 10.8. The highest BCUT2D eigenvalue weighted by Crippen LogP contribution is 2.34. The number of methoxy groups -OCH3 is 1. The zero-order valence-electron chi connectivity index (χ0n) is 26.5. The number of carbonyl (C=O) groups excluding carboxylic acids is 2. The highest BCUT2D eigenvalue weighted by molar-refractivity contribution is 6.63. The van der Waals surface area contributed by atoms with Gasteiger partial charge in [0.2, 0.25) is 11.8 Å². The molecule has 0 aliphatic carbocycles. The molecule has 0 bridgehead atoms. The molecule has 0 spiro atoms. The van der Waals surface area contributed by atoms with Gasteiger partial charge in [-0.05, 0) is 61.4 Å². The SMILES string of the molecule is COc1ccc2c(c1)C(c1ccc(Cl)cc1)=NC(CC(=O)NCC(=O)NCCc1cccc(CNC[Si](C)(O)O)c1)c1nnc(C)n1-2. The van der Waals surface area contributed by atoms with Crippen molar-refractivity contribution in [1.82, 2.24) is 30.7 Å². The third-order valence-electron chi connectivity index (χ3n) is 7.59. The first-order valence-corrected chi connectivity index (χ1v) is 18.2. The van der Waals surface area contributed by atoms with E-state index in [1.54, 1.807) is 19.2 Å². The van der Waals surface area contributed by atoms with Gasteiger partial charge < -0.3 is 30.3 Å². The fourth-order valence-corrected chi connectivity index (χ4v) is 6.08. The van der Waals surface area contributed by atoms with Crippen molar-refractivity contribution in [3.63, 3.8) is 0 Å². The average Bonchev–Trinajstić information content (AvgIpc) is 3.36. The van der Waals surface area contributed by atoms with Crippen molar-refractivity contribution in [2.45, 2.75) is 38.9 Å². The molecular formula is C33H38ClN7O5Si. The molecule has 1 aliphatic rings. The summed E-state index contributed by atoms with van der Waals surface area (Å²) < 4.78 is 7.41. The number of fused-ring (bicyclic) bond motifs is 3. The summed E-state index contributed by atoms with van der Waals surface area (Å²) in [6.07, 6.45) is 0.728. The number of aromatic nitrogens is 3. The molecule has 12 nitrogen and oxygen atoms in total. The number of nitrogens with zero attached hydrogens (tertiary/aromatic N) is 4. The van der Waals surface area contributed by atoms with Gasteiger partial charge in [-0.2, -0.15) is 0 Å². The van der Waals surface area contributed by atoms with Gasteiger partial charge in [-0.1, -0.05) is 48.0 Å². The van der Waals surface area contributed by atoms with Crippen LogP contribution in [0.5, 0.6) is 5.75 Å². The Hall–Kier alpha value is -4.40. The van der Waals surface area contributed by atoms with E-state index in [0.29, 0.717) is 47.6 Å². The molecule has 3 aromatic carbocycles. The molecule has 0 saturated heterocycles. The maximum Gasteiger partial charge on any atom is 0.343 e. The molecule has 1 atom stereocenters. The van der Waals surface area contributed by atoms with Gasteiger partial charge in [0, 0.05) is 35.4 Å². The molecule has 14 heteroatoms. The Bertz CT molecular complexity index is 1770. The molecule has 1 aromatic heterocycles. The standard InChI is InChI=1S/C33H38ClN7O5Si/c1-21-39-40-33-28(38-32(24-7-9-25(34)10-8-24)27-16-26(46-2)11-12-29(27)41(21)33)17-30(42)37-19-31(43)36-14-13-22-5-4-6-23(15-22)18-35-20-47(3,44)45/h4-12,15-16,28,35,44-45H,13-14,17-20H2,1-3H3,(H,36,43)(H,37,42). The Labute approximate surface area is 279 Å². The number of hydrogen-bond donors (Lipinski definition) is 5. The lowest BCUT2D eigenvalue weighted by atomic mass is 10.00. The van der Waals surface area contributed by atoms with Crippen LogP contribution in [-0.2, 0) is 22.6 Å². The van der Waals surface area contributed by atoms with E-state index in [1.807, 2.05) is 66.1 Å². The van der Waals surface area contributed by atoms with E-state index in [1.165, 1.54) is 6.55 Å². The lowest BCUT2D eigenvalue weighted by Gasteiger charge is -2.14. The summed E-state index contributed by atoms with van der Waals surface area (Å²) >= 11 is 6.18. The topological polar surface area (TPSA) is 163 Å². The molecule has 1 unspecified atom stereocenters. The van der Waals surface area contributed by atoms with Crippen LogP contribution in [0, 0.1) is 6.92 Å². The third-order valence-corrected chi connectivity index (χ3v) is 8.76. The van der Waals surface area contributed by atoms with Crippen molar-refractivity contribution < 1.29 is 23.9 Å². The fourth-order valence-electron chi connectivity index (χ4n) is 5.35. The molecule has 0 saturated carbocycles. The van der Waals surface area contributed by atoms with Gasteiger partial charge in [-0.3, -0.25) is 19.1 Å². The van der Waals surface area contributed by atoms with Crippen LogP contribution in [0.25, 0.3) is 5.69 Å². The predicted molar refractivity (Wildman–Crippen MR) is 181 cm³/mol. The number of aliphatic imine (C=N–C) groups is 1. The van der Waals surface area contributed by atoms with E-state index in [0.717, 1.165) is 27.9 Å². The molecule has 246 valence electrons. The molecule has 2 amide bonds. The second-order valence-corrected chi connectivity index (χ2v) is 14.8. The first kappa shape index (κ1) is 33.9. The summed E-state index contributed by atoms with van der Waals surface area (Å²) in [6.45, 7) is 4.02. The fraction of sp³-hybridized carbons (Fsp3) is 0.303. The van der Waals surface area contributed by atoms with Crippen LogP contribution < -0.4 is 20.7 Å². The van der Waals surface area contributed by atoms with Crippen molar-refractivity contribution in [3.05, 3.63) is 106 Å². The van der Waals surface area contributed by atoms with Gasteiger partial charge in [0.25, 0.3) is 0 Å². The lowest BCUT2D eigenvalue weighted by molar-refractivity contribution is -0.126. The Morgan fingerprint density at radius 2 is 1.77 bits per heavy atom. The average molecular weight is 676 g/mol. The number of carbonyl (C=O) groups is 2. The van der Waals surface area contributed by atoms with Gasteiger partial charge in [0.15, 0.2) is 5.82 Å². The first-order valence-electron chi connectivity index (χ1n) is 15.2. The second-order valence-electron chi connectivity index (χ2n) is 11.5. The number of amides is 2. The Balaban J connectivity index is 1.23. The first-order chi connectivity index (χ1) is 22.5. The van der Waals surface area contributed by atoms with E-state index in [4.69, 9.17) is 21.3 Å². The predicted octanol–water partition coefficient (Wildman–Crippen LogP) is 2.68. The molecule has 0 radical (unpaired) electrons. The van der Waals surface area contributed by atoms with Crippen molar-refractivity contribution >= 4 is 37.7 Å². The summed E-state index contributed by atoms with van der Waals surface area (Å²) in [5, 5.41) is 17.9. The normalized spacial score (nSPS) is 14.0. The van der Waals surface area contributed by atoms with E-state index < -0.39 is 14.6 Å². The van der Waals surface area contributed by atoms with E-state index in [-0.39, 0.29) is 30.9 Å². The molecule has 5 rings (SSSR count). The maximum absolute atomic E-state index is 13.2. The number of nitrogens with one attached hydrogen (secondary N) is 3. The number of ether oxygens (including phenoxy) is 1. The van der Waals surface area contributed by atoms with Crippen LogP contribution >= 0.6 is 11.6 Å². The second kappa shape index (κ2) is 15.0. The number of rotatable bonds is 13. The zero-order chi connectivity index (χ0) is 33.6. The minimum absolute atomic E-state index is 0.0529. The molecular weight excluding hydrogens is 638 g/mol. The Morgan fingerprint density at radius 1 is 1.00 bits per heavy atom. The highest BCUT2D eigenvalue weighted by Gasteiger charge is 2.30. The number of halogens is 1. The van der Waals surface area contributed by atoms with Crippen molar-refractivity contribution in [3.8, 4) is 11.4 Å². The smallest absolute Gasteiger partial charge is 0.343 e. The minimum Gasteiger partial charge on any atom is -0.497 e. The maximum atomic E-state index is 13.2. The number of aryl methyl sites for hydroxylation is 1. The monoisotopic (exact) mass is 675 g/mol. The van der Waals surface area contributed by atoms with Crippen molar-refractivity contribution in [1.29, 1.82) is 0 Å². The molecule has 5 N–H and O–H groups in total. The summed E-state index contributed by atoms with van der Waals surface area (Å²) in [7, 11) is -1.55. The van der Waals surface area contributed by atoms with Crippen LogP contribution in [0.1, 0.15) is 46.4 Å². The zero-order valence-corrected chi connectivity index (χ0v) is 28.2. The van der Waals surface area contributed by atoms with E-state index in [9.17, 15) is 19.2 Å². The summed E-state index contributed by atoms with van der Waals surface area (Å²) in [6, 6.07) is 20.2. The van der Waals surface area contributed by atoms with Gasteiger partial charge >= 0.3 is 8.56 Å². The number of benzene rings is 3. The largest absolute Gasteiger partial charge is 0.497 e. The Morgan fingerprint density at radius 3 is 2.51 bits per heavy atom. The highest BCUT2D eigenvalue weighted by atomic mass is 35.5. The van der Waals surface area contributed by atoms with E-state index in [2.05, 4.69) is 26.1 Å². The van der Waals surface area contributed by atoms with Crippen LogP contribution in [0.2, 0.25) is 11.6 Å². The van der Waals surface area contributed by atoms with Gasteiger partial charge in [-0.25, -0.2) is 0 Å².